The summed E-state index contributed by atoms with van der Waals surface area (Å²) in [6, 6.07) is 0. The smallest absolute Gasteiger partial charge is 0.160 e. The van der Waals surface area contributed by atoms with Crippen LogP contribution in [0, 0.1) is 29.6 Å². The largest absolute Gasteiger partial charge is 0.352 e. The molecule has 0 radical (unpaired) electrons. The molecular formula is C18H31FO2. The third-order valence-electron chi connectivity index (χ3n) is 6.17. The molecule has 0 atom stereocenters. The lowest BCUT2D eigenvalue weighted by Crippen LogP contribution is -2.41. The zero-order valence-electron chi connectivity index (χ0n) is 13.4. The molecule has 1 heterocycles. The van der Waals surface area contributed by atoms with Crippen LogP contribution >= 0.6 is 0 Å². The normalized spacial score (nSPS) is 45.4. The fraction of sp³-hybridized carbons (Fsp3) is 1.00. The average Bonchev–Trinajstić information content (AvgIpc) is 2.56. The van der Waals surface area contributed by atoms with Gasteiger partial charge in [-0.05, 0) is 56.3 Å². The Morgan fingerprint density at radius 3 is 1.90 bits per heavy atom. The second kappa shape index (κ2) is 7.41. The van der Waals surface area contributed by atoms with Gasteiger partial charge in [0.05, 0.1) is 19.9 Å². The third-order valence-corrected chi connectivity index (χ3v) is 6.17. The van der Waals surface area contributed by atoms with Crippen LogP contribution in [-0.4, -0.2) is 26.2 Å². The van der Waals surface area contributed by atoms with E-state index >= 15 is 0 Å². The molecule has 0 amide bonds. The van der Waals surface area contributed by atoms with E-state index in [1.54, 1.807) is 0 Å². The van der Waals surface area contributed by atoms with Gasteiger partial charge >= 0.3 is 0 Å². The molecule has 122 valence electrons. The first-order chi connectivity index (χ1) is 10.3. The number of alkyl halides is 1. The highest BCUT2D eigenvalue weighted by atomic mass is 19.1. The minimum Gasteiger partial charge on any atom is -0.352 e. The molecule has 0 aromatic heterocycles. The SMILES string of the molecule is CC1CCC(C2COC(C3CCC(CF)CC3)OC2)CC1. The Morgan fingerprint density at radius 2 is 1.33 bits per heavy atom. The molecule has 21 heavy (non-hydrogen) atoms. The van der Waals surface area contributed by atoms with E-state index in [-0.39, 0.29) is 13.0 Å². The molecule has 0 aromatic rings. The van der Waals surface area contributed by atoms with Crippen molar-refractivity contribution in [2.75, 3.05) is 19.9 Å². The van der Waals surface area contributed by atoms with Crippen LogP contribution < -0.4 is 0 Å². The first-order valence-electron chi connectivity index (χ1n) is 9.05. The zero-order valence-corrected chi connectivity index (χ0v) is 13.4. The highest BCUT2D eigenvalue weighted by Gasteiger charge is 2.35. The van der Waals surface area contributed by atoms with Crippen molar-refractivity contribution >= 4 is 0 Å². The standard InChI is InChI=1S/C18H31FO2/c1-13-2-6-15(7-3-13)17-11-20-18(21-12-17)16-8-4-14(10-19)5-9-16/h13-18H,2-12H2,1H3. The molecule has 0 N–H and O–H groups in total. The summed E-state index contributed by atoms with van der Waals surface area (Å²) in [5.41, 5.74) is 0. The van der Waals surface area contributed by atoms with Gasteiger partial charge in [0.15, 0.2) is 6.29 Å². The van der Waals surface area contributed by atoms with Crippen LogP contribution in [0.1, 0.15) is 58.3 Å². The molecule has 2 aliphatic carbocycles. The highest BCUT2D eigenvalue weighted by molar-refractivity contribution is 4.81. The Bertz CT molecular complexity index is 298. The Morgan fingerprint density at radius 1 is 0.762 bits per heavy atom. The predicted octanol–water partition coefficient (Wildman–Crippen LogP) is 4.58. The van der Waals surface area contributed by atoms with Gasteiger partial charge < -0.3 is 9.47 Å². The van der Waals surface area contributed by atoms with Crippen LogP contribution in [-0.2, 0) is 9.47 Å². The Balaban J connectivity index is 1.41. The first kappa shape index (κ1) is 15.7. The van der Waals surface area contributed by atoms with Gasteiger partial charge in [-0.2, -0.15) is 0 Å². The molecule has 0 aromatic carbocycles. The van der Waals surface area contributed by atoms with E-state index in [1.165, 1.54) is 25.7 Å². The molecule has 0 spiro atoms. The van der Waals surface area contributed by atoms with Crippen molar-refractivity contribution in [2.45, 2.75) is 64.6 Å². The molecule has 0 bridgehead atoms. The topological polar surface area (TPSA) is 18.5 Å². The number of ether oxygens (including phenoxy) is 2. The Kier molecular flexibility index (Phi) is 5.55. The maximum Gasteiger partial charge on any atom is 0.160 e. The van der Waals surface area contributed by atoms with Crippen LogP contribution in [0.4, 0.5) is 4.39 Å². The van der Waals surface area contributed by atoms with Gasteiger partial charge in [-0.25, -0.2) is 0 Å². The van der Waals surface area contributed by atoms with E-state index < -0.39 is 0 Å². The maximum absolute atomic E-state index is 12.7. The molecule has 1 aliphatic heterocycles. The molecule has 0 unspecified atom stereocenters. The molecule has 3 aliphatic rings. The highest BCUT2D eigenvalue weighted by Crippen LogP contribution is 2.38. The molecule has 1 saturated heterocycles. The van der Waals surface area contributed by atoms with Crippen molar-refractivity contribution in [3.63, 3.8) is 0 Å². The van der Waals surface area contributed by atoms with Crippen LogP contribution in [0.5, 0.6) is 0 Å². The van der Waals surface area contributed by atoms with E-state index in [2.05, 4.69) is 6.92 Å². The van der Waals surface area contributed by atoms with Crippen LogP contribution in [0.2, 0.25) is 0 Å². The van der Waals surface area contributed by atoms with Gasteiger partial charge in [0.1, 0.15) is 0 Å². The summed E-state index contributed by atoms with van der Waals surface area (Å²) in [6.07, 6.45) is 9.60. The summed E-state index contributed by atoms with van der Waals surface area (Å²) >= 11 is 0. The fourth-order valence-corrected chi connectivity index (χ4v) is 4.45. The van der Waals surface area contributed by atoms with E-state index in [0.29, 0.717) is 17.8 Å². The van der Waals surface area contributed by atoms with Crippen molar-refractivity contribution in [1.29, 1.82) is 0 Å². The molecular weight excluding hydrogens is 267 g/mol. The number of hydrogen-bond donors (Lipinski definition) is 0. The first-order valence-corrected chi connectivity index (χ1v) is 9.05. The van der Waals surface area contributed by atoms with E-state index in [9.17, 15) is 4.39 Å². The van der Waals surface area contributed by atoms with Gasteiger partial charge in [-0.3, -0.25) is 4.39 Å². The monoisotopic (exact) mass is 298 g/mol. The summed E-state index contributed by atoms with van der Waals surface area (Å²) in [7, 11) is 0. The summed E-state index contributed by atoms with van der Waals surface area (Å²) in [6.45, 7) is 3.98. The molecule has 3 fully saturated rings. The lowest BCUT2D eigenvalue weighted by Gasteiger charge is -2.40. The lowest BCUT2D eigenvalue weighted by atomic mass is 9.76. The van der Waals surface area contributed by atoms with Gasteiger partial charge in [0.25, 0.3) is 0 Å². The molecule has 2 nitrogen and oxygen atoms in total. The maximum atomic E-state index is 12.7. The van der Waals surface area contributed by atoms with Crippen LogP contribution in [0.25, 0.3) is 0 Å². The second-order valence-electron chi connectivity index (χ2n) is 7.75. The van der Waals surface area contributed by atoms with Crippen molar-refractivity contribution in [3.8, 4) is 0 Å². The average molecular weight is 298 g/mol. The van der Waals surface area contributed by atoms with E-state index in [4.69, 9.17) is 9.47 Å². The van der Waals surface area contributed by atoms with Crippen molar-refractivity contribution < 1.29 is 13.9 Å². The number of rotatable bonds is 3. The Hall–Kier alpha value is -0.150. The van der Waals surface area contributed by atoms with Crippen molar-refractivity contribution in [2.24, 2.45) is 29.6 Å². The number of halogens is 1. The number of hydrogen-bond acceptors (Lipinski definition) is 2. The van der Waals surface area contributed by atoms with Crippen LogP contribution in [0.3, 0.4) is 0 Å². The molecule has 2 saturated carbocycles. The van der Waals surface area contributed by atoms with Crippen molar-refractivity contribution in [3.05, 3.63) is 0 Å². The zero-order chi connectivity index (χ0) is 14.7. The summed E-state index contributed by atoms with van der Waals surface area (Å²) in [4.78, 5) is 0. The van der Waals surface area contributed by atoms with E-state index in [1.807, 2.05) is 0 Å². The van der Waals surface area contributed by atoms with Crippen molar-refractivity contribution in [1.82, 2.24) is 0 Å². The van der Waals surface area contributed by atoms with Gasteiger partial charge in [0.2, 0.25) is 0 Å². The predicted molar refractivity (Wildman–Crippen MR) is 81.7 cm³/mol. The Labute approximate surface area is 128 Å². The second-order valence-corrected chi connectivity index (χ2v) is 7.75. The van der Waals surface area contributed by atoms with E-state index in [0.717, 1.165) is 50.7 Å². The molecule has 3 rings (SSSR count). The quantitative estimate of drug-likeness (QED) is 0.759. The van der Waals surface area contributed by atoms with Crippen LogP contribution in [0.15, 0.2) is 0 Å². The molecule has 3 heteroatoms. The minimum atomic E-state index is -0.152. The summed E-state index contributed by atoms with van der Waals surface area (Å²) in [5.74, 6) is 3.12. The third kappa shape index (κ3) is 3.98. The summed E-state index contributed by atoms with van der Waals surface area (Å²) < 4.78 is 24.8. The van der Waals surface area contributed by atoms with Gasteiger partial charge in [-0.15, -0.1) is 0 Å². The van der Waals surface area contributed by atoms with Gasteiger partial charge in [-0.1, -0.05) is 19.8 Å². The minimum absolute atomic E-state index is 0.00988. The fourth-order valence-electron chi connectivity index (χ4n) is 4.45. The summed E-state index contributed by atoms with van der Waals surface area (Å²) in [5, 5.41) is 0. The van der Waals surface area contributed by atoms with Gasteiger partial charge in [0, 0.05) is 11.8 Å². The lowest BCUT2D eigenvalue weighted by molar-refractivity contribution is -0.237.